The second-order valence-electron chi connectivity index (χ2n) is 7.21. The SMILES string of the molecule is c1ccc2c(-c3c4ccccc4nc4c3ccc3ccccc34)cccc2c1. The Kier molecular flexibility index (Phi) is 3.24. The third-order valence-electron chi connectivity index (χ3n) is 5.63. The van der Waals surface area contributed by atoms with Crippen molar-refractivity contribution >= 4 is 43.4 Å². The summed E-state index contributed by atoms with van der Waals surface area (Å²) < 4.78 is 0. The highest BCUT2D eigenvalue weighted by Gasteiger charge is 2.14. The lowest BCUT2D eigenvalue weighted by Crippen LogP contribution is -1.91. The summed E-state index contributed by atoms with van der Waals surface area (Å²) in [6.07, 6.45) is 0. The van der Waals surface area contributed by atoms with Gasteiger partial charge in [0, 0.05) is 21.7 Å². The van der Waals surface area contributed by atoms with Crippen molar-refractivity contribution < 1.29 is 0 Å². The molecular weight excluding hydrogens is 338 g/mol. The fourth-order valence-electron chi connectivity index (χ4n) is 4.36. The van der Waals surface area contributed by atoms with Crippen molar-refractivity contribution in [2.45, 2.75) is 0 Å². The summed E-state index contributed by atoms with van der Waals surface area (Å²) in [5.74, 6) is 0. The van der Waals surface area contributed by atoms with Gasteiger partial charge in [0.2, 0.25) is 0 Å². The lowest BCUT2D eigenvalue weighted by Gasteiger charge is -2.15. The monoisotopic (exact) mass is 355 g/mol. The van der Waals surface area contributed by atoms with Crippen molar-refractivity contribution in [1.82, 2.24) is 4.98 Å². The van der Waals surface area contributed by atoms with Gasteiger partial charge in [-0.2, -0.15) is 0 Å². The summed E-state index contributed by atoms with van der Waals surface area (Å²) in [6.45, 7) is 0. The molecule has 0 saturated heterocycles. The van der Waals surface area contributed by atoms with Crippen LogP contribution in [0.1, 0.15) is 0 Å². The molecule has 0 spiro atoms. The van der Waals surface area contributed by atoms with Crippen LogP contribution in [0.15, 0.2) is 103 Å². The number of para-hydroxylation sites is 1. The van der Waals surface area contributed by atoms with Crippen molar-refractivity contribution in [2.75, 3.05) is 0 Å². The third kappa shape index (κ3) is 2.17. The van der Waals surface area contributed by atoms with E-state index in [0.29, 0.717) is 0 Å². The van der Waals surface area contributed by atoms with Crippen LogP contribution in [0.3, 0.4) is 0 Å². The van der Waals surface area contributed by atoms with E-state index in [-0.39, 0.29) is 0 Å². The third-order valence-corrected chi connectivity index (χ3v) is 5.63. The van der Waals surface area contributed by atoms with Gasteiger partial charge in [-0.25, -0.2) is 4.98 Å². The molecule has 0 bridgehead atoms. The highest BCUT2D eigenvalue weighted by Crippen LogP contribution is 2.40. The Morgan fingerprint density at radius 2 is 1.07 bits per heavy atom. The normalized spacial score (nSPS) is 11.6. The van der Waals surface area contributed by atoms with Crippen molar-refractivity contribution in [3.63, 3.8) is 0 Å². The van der Waals surface area contributed by atoms with E-state index in [2.05, 4.69) is 103 Å². The molecule has 0 aliphatic heterocycles. The van der Waals surface area contributed by atoms with Crippen LogP contribution in [0.2, 0.25) is 0 Å². The van der Waals surface area contributed by atoms with Gasteiger partial charge in [0.1, 0.15) is 0 Å². The van der Waals surface area contributed by atoms with Gasteiger partial charge in [-0.3, -0.25) is 0 Å². The van der Waals surface area contributed by atoms with Gasteiger partial charge in [-0.15, -0.1) is 0 Å². The molecule has 6 aromatic rings. The zero-order valence-electron chi connectivity index (χ0n) is 15.3. The molecule has 28 heavy (non-hydrogen) atoms. The summed E-state index contributed by atoms with van der Waals surface area (Å²) in [4.78, 5) is 5.07. The number of aromatic nitrogens is 1. The Morgan fingerprint density at radius 3 is 1.93 bits per heavy atom. The van der Waals surface area contributed by atoms with E-state index >= 15 is 0 Å². The van der Waals surface area contributed by atoms with Crippen molar-refractivity contribution in [1.29, 1.82) is 0 Å². The minimum absolute atomic E-state index is 1.04. The largest absolute Gasteiger partial charge is 0.247 e. The molecule has 0 saturated carbocycles. The number of rotatable bonds is 1. The van der Waals surface area contributed by atoms with Gasteiger partial charge >= 0.3 is 0 Å². The van der Waals surface area contributed by atoms with E-state index in [1.165, 1.54) is 43.4 Å². The molecule has 0 aliphatic rings. The van der Waals surface area contributed by atoms with Gasteiger partial charge in [0.25, 0.3) is 0 Å². The predicted molar refractivity (Wildman–Crippen MR) is 120 cm³/mol. The molecule has 0 unspecified atom stereocenters. The lowest BCUT2D eigenvalue weighted by molar-refractivity contribution is 1.51. The Hall–Kier alpha value is -3.71. The first kappa shape index (κ1) is 15.4. The molecule has 0 amide bonds. The molecule has 0 fully saturated rings. The van der Waals surface area contributed by atoms with Crippen molar-refractivity contribution in [3.8, 4) is 11.1 Å². The zero-order chi connectivity index (χ0) is 18.5. The number of pyridine rings is 1. The first-order valence-corrected chi connectivity index (χ1v) is 9.58. The maximum Gasteiger partial charge on any atom is 0.0794 e. The maximum absolute atomic E-state index is 5.07. The molecule has 0 atom stereocenters. The van der Waals surface area contributed by atoms with Crippen molar-refractivity contribution in [2.24, 2.45) is 0 Å². The Bertz CT molecular complexity index is 1510. The van der Waals surface area contributed by atoms with Crippen LogP contribution in [0.5, 0.6) is 0 Å². The van der Waals surface area contributed by atoms with Gasteiger partial charge in [-0.05, 0) is 27.8 Å². The topological polar surface area (TPSA) is 12.9 Å². The van der Waals surface area contributed by atoms with Crippen LogP contribution < -0.4 is 0 Å². The average Bonchev–Trinajstić information content (AvgIpc) is 2.77. The minimum Gasteiger partial charge on any atom is -0.247 e. The summed E-state index contributed by atoms with van der Waals surface area (Å²) in [5, 5.41) is 7.36. The predicted octanol–water partition coefficient (Wildman–Crippen LogP) is 7.36. The molecule has 1 heterocycles. The molecule has 0 N–H and O–H groups in total. The van der Waals surface area contributed by atoms with Crippen molar-refractivity contribution in [3.05, 3.63) is 103 Å². The number of benzene rings is 5. The lowest BCUT2D eigenvalue weighted by atomic mass is 9.91. The van der Waals surface area contributed by atoms with E-state index in [9.17, 15) is 0 Å². The Labute approximate surface area is 162 Å². The molecule has 1 heteroatoms. The molecular formula is C27H17N. The molecule has 130 valence electrons. The highest BCUT2D eigenvalue weighted by atomic mass is 14.7. The molecule has 0 aliphatic carbocycles. The highest BCUT2D eigenvalue weighted by molar-refractivity contribution is 6.19. The summed E-state index contributed by atoms with van der Waals surface area (Å²) in [7, 11) is 0. The second kappa shape index (κ2) is 5.90. The number of hydrogen-bond acceptors (Lipinski definition) is 1. The molecule has 1 aromatic heterocycles. The van der Waals surface area contributed by atoms with Crippen LogP contribution in [-0.4, -0.2) is 4.98 Å². The first-order valence-electron chi connectivity index (χ1n) is 9.58. The second-order valence-corrected chi connectivity index (χ2v) is 7.21. The standard InChI is InChI=1S/C27H17N/c1-3-11-20-18(8-1)10-7-14-22(20)26-23-13-5-6-15-25(23)28-27-21-12-4-2-9-19(21)16-17-24(26)27/h1-17H. The summed E-state index contributed by atoms with van der Waals surface area (Å²) in [6, 6.07) is 36.6. The minimum atomic E-state index is 1.04. The Balaban J connectivity index is 1.88. The molecule has 0 radical (unpaired) electrons. The fourth-order valence-corrected chi connectivity index (χ4v) is 4.36. The van der Waals surface area contributed by atoms with Crippen LogP contribution in [0, 0.1) is 0 Å². The van der Waals surface area contributed by atoms with Crippen LogP contribution >= 0.6 is 0 Å². The van der Waals surface area contributed by atoms with E-state index in [1.54, 1.807) is 0 Å². The van der Waals surface area contributed by atoms with Gasteiger partial charge in [0.15, 0.2) is 0 Å². The quantitative estimate of drug-likeness (QED) is 0.222. The fraction of sp³-hybridized carbons (Fsp3) is 0. The molecule has 1 nitrogen and oxygen atoms in total. The number of nitrogens with zero attached hydrogens (tertiary/aromatic N) is 1. The summed E-state index contributed by atoms with van der Waals surface area (Å²) in [5.41, 5.74) is 4.63. The summed E-state index contributed by atoms with van der Waals surface area (Å²) >= 11 is 0. The molecule has 6 rings (SSSR count). The van der Waals surface area contributed by atoms with E-state index in [0.717, 1.165) is 11.0 Å². The Morgan fingerprint density at radius 1 is 0.429 bits per heavy atom. The van der Waals surface area contributed by atoms with Gasteiger partial charge < -0.3 is 0 Å². The smallest absolute Gasteiger partial charge is 0.0794 e. The van der Waals surface area contributed by atoms with Gasteiger partial charge in [-0.1, -0.05) is 97.1 Å². The average molecular weight is 355 g/mol. The number of fused-ring (bicyclic) bond motifs is 5. The zero-order valence-corrected chi connectivity index (χ0v) is 15.3. The van der Waals surface area contributed by atoms with E-state index < -0.39 is 0 Å². The maximum atomic E-state index is 5.07. The molecule has 5 aromatic carbocycles. The van der Waals surface area contributed by atoms with Gasteiger partial charge in [0.05, 0.1) is 11.0 Å². The van der Waals surface area contributed by atoms with Crippen LogP contribution in [0.25, 0.3) is 54.5 Å². The van der Waals surface area contributed by atoms with Crippen LogP contribution in [-0.2, 0) is 0 Å². The van der Waals surface area contributed by atoms with E-state index in [1.807, 2.05) is 0 Å². The first-order chi connectivity index (χ1) is 13.9. The number of hydrogen-bond donors (Lipinski definition) is 0. The van der Waals surface area contributed by atoms with Crippen LogP contribution in [0.4, 0.5) is 0 Å². The van der Waals surface area contributed by atoms with E-state index in [4.69, 9.17) is 4.98 Å².